The summed E-state index contributed by atoms with van der Waals surface area (Å²) in [6, 6.07) is -0.120. The maximum atomic E-state index is 11.2. The number of aryl methyl sites for hydroxylation is 1. The summed E-state index contributed by atoms with van der Waals surface area (Å²) >= 11 is 0. The van der Waals surface area contributed by atoms with Crippen molar-refractivity contribution in [3.05, 3.63) is 18.0 Å². The molecular weight excluding hydrogens is 180 g/mol. The molecule has 2 rings (SSSR count). The predicted octanol–water partition coefficient (Wildman–Crippen LogP) is 0.00950. The van der Waals surface area contributed by atoms with Crippen LogP contribution in [0.1, 0.15) is 25.6 Å². The minimum absolute atomic E-state index is 0.0410. The zero-order chi connectivity index (χ0) is 10.1. The Morgan fingerprint density at radius 2 is 2.43 bits per heavy atom. The molecule has 0 bridgehead atoms. The van der Waals surface area contributed by atoms with Crippen LogP contribution in [0.2, 0.25) is 0 Å². The molecule has 5 nitrogen and oxygen atoms in total. The normalized spacial score (nSPS) is 26.6. The molecule has 1 fully saturated rings. The Bertz CT molecular complexity index is 346. The monoisotopic (exact) mass is 194 g/mol. The lowest BCUT2D eigenvalue weighted by Gasteiger charge is -2.07. The fraction of sp³-hybridized carbons (Fsp3) is 0.556. The number of rotatable bonds is 2. The van der Waals surface area contributed by atoms with E-state index in [1.54, 1.807) is 6.20 Å². The number of nitrogens with one attached hydrogen (secondary N) is 2. The lowest BCUT2D eigenvalue weighted by Crippen LogP contribution is -2.24. The molecule has 1 amide bonds. The molecule has 0 spiro atoms. The van der Waals surface area contributed by atoms with Gasteiger partial charge in [0, 0.05) is 18.3 Å². The second-order valence-electron chi connectivity index (χ2n) is 3.46. The summed E-state index contributed by atoms with van der Waals surface area (Å²) in [5.41, 5.74) is 1.00. The molecule has 76 valence electrons. The summed E-state index contributed by atoms with van der Waals surface area (Å²) < 4.78 is 1.84. The SMILES string of the molecule is CCn1cc(C2NC(=O)C(C)N2)cn1. The molecule has 1 saturated heterocycles. The number of nitrogens with zero attached hydrogens (tertiary/aromatic N) is 2. The van der Waals surface area contributed by atoms with E-state index in [4.69, 9.17) is 0 Å². The van der Waals surface area contributed by atoms with Crippen molar-refractivity contribution in [2.75, 3.05) is 0 Å². The molecule has 1 aliphatic heterocycles. The van der Waals surface area contributed by atoms with E-state index in [0.717, 1.165) is 12.1 Å². The fourth-order valence-electron chi connectivity index (χ4n) is 1.52. The van der Waals surface area contributed by atoms with Crippen LogP contribution < -0.4 is 10.6 Å². The number of hydrogen-bond donors (Lipinski definition) is 2. The van der Waals surface area contributed by atoms with Crippen LogP contribution in [0.3, 0.4) is 0 Å². The standard InChI is InChI=1S/C9H14N4O/c1-3-13-5-7(4-10-13)8-11-6(2)9(14)12-8/h4-6,8,11H,3H2,1-2H3,(H,12,14). The van der Waals surface area contributed by atoms with Gasteiger partial charge >= 0.3 is 0 Å². The van der Waals surface area contributed by atoms with Crippen LogP contribution in [0, 0.1) is 0 Å². The summed E-state index contributed by atoms with van der Waals surface area (Å²) in [5, 5.41) is 10.2. The molecule has 2 atom stereocenters. The van der Waals surface area contributed by atoms with Gasteiger partial charge in [0.1, 0.15) is 6.17 Å². The first-order valence-corrected chi connectivity index (χ1v) is 4.79. The van der Waals surface area contributed by atoms with Gasteiger partial charge in [-0.05, 0) is 13.8 Å². The first-order chi connectivity index (χ1) is 6.70. The zero-order valence-electron chi connectivity index (χ0n) is 8.32. The summed E-state index contributed by atoms with van der Waals surface area (Å²) in [6.45, 7) is 4.72. The van der Waals surface area contributed by atoms with Crippen molar-refractivity contribution in [3.8, 4) is 0 Å². The number of aromatic nitrogens is 2. The van der Waals surface area contributed by atoms with Crippen LogP contribution in [0.15, 0.2) is 12.4 Å². The maximum absolute atomic E-state index is 11.2. The second-order valence-corrected chi connectivity index (χ2v) is 3.46. The third-order valence-corrected chi connectivity index (χ3v) is 2.41. The van der Waals surface area contributed by atoms with Crippen LogP contribution in [0.4, 0.5) is 0 Å². The molecule has 0 saturated carbocycles. The van der Waals surface area contributed by atoms with E-state index in [1.165, 1.54) is 0 Å². The molecular formula is C9H14N4O. The molecule has 1 aliphatic rings. The van der Waals surface area contributed by atoms with Crippen LogP contribution in [0.5, 0.6) is 0 Å². The van der Waals surface area contributed by atoms with Crippen LogP contribution >= 0.6 is 0 Å². The molecule has 14 heavy (non-hydrogen) atoms. The molecule has 0 aliphatic carbocycles. The van der Waals surface area contributed by atoms with Gasteiger partial charge in [0.25, 0.3) is 0 Å². The van der Waals surface area contributed by atoms with Gasteiger partial charge in [0.15, 0.2) is 0 Å². The first-order valence-electron chi connectivity index (χ1n) is 4.79. The highest BCUT2D eigenvalue weighted by atomic mass is 16.2. The van der Waals surface area contributed by atoms with E-state index in [-0.39, 0.29) is 18.1 Å². The van der Waals surface area contributed by atoms with E-state index in [9.17, 15) is 4.79 Å². The van der Waals surface area contributed by atoms with Crippen molar-refractivity contribution >= 4 is 5.91 Å². The predicted molar refractivity (Wildman–Crippen MR) is 51.4 cm³/mol. The molecule has 2 N–H and O–H groups in total. The summed E-state index contributed by atoms with van der Waals surface area (Å²) in [7, 11) is 0. The van der Waals surface area contributed by atoms with E-state index in [2.05, 4.69) is 15.7 Å². The van der Waals surface area contributed by atoms with Crippen LogP contribution in [0.25, 0.3) is 0 Å². The minimum Gasteiger partial charge on any atom is -0.335 e. The second kappa shape index (κ2) is 3.42. The zero-order valence-corrected chi connectivity index (χ0v) is 8.32. The number of hydrogen-bond acceptors (Lipinski definition) is 3. The van der Waals surface area contributed by atoms with Gasteiger partial charge in [-0.15, -0.1) is 0 Å². The largest absolute Gasteiger partial charge is 0.335 e. The highest BCUT2D eigenvalue weighted by Crippen LogP contribution is 2.14. The number of carbonyl (C=O) groups excluding carboxylic acids is 1. The lowest BCUT2D eigenvalue weighted by atomic mass is 10.3. The Morgan fingerprint density at radius 1 is 1.64 bits per heavy atom. The Balaban J connectivity index is 2.13. The molecule has 0 aromatic carbocycles. The minimum atomic E-state index is -0.120. The third kappa shape index (κ3) is 1.50. The average Bonchev–Trinajstić information content (AvgIpc) is 2.74. The van der Waals surface area contributed by atoms with Gasteiger partial charge in [-0.25, -0.2) is 0 Å². The van der Waals surface area contributed by atoms with E-state index in [1.807, 2.05) is 24.7 Å². The van der Waals surface area contributed by atoms with Gasteiger partial charge in [-0.1, -0.05) is 0 Å². The Kier molecular flexibility index (Phi) is 2.25. The van der Waals surface area contributed by atoms with Crippen LogP contribution in [-0.2, 0) is 11.3 Å². The van der Waals surface area contributed by atoms with Gasteiger partial charge in [0.2, 0.25) is 5.91 Å². The number of carbonyl (C=O) groups is 1. The van der Waals surface area contributed by atoms with Crippen molar-refractivity contribution in [1.82, 2.24) is 20.4 Å². The fourth-order valence-corrected chi connectivity index (χ4v) is 1.52. The highest BCUT2D eigenvalue weighted by molar-refractivity contribution is 5.83. The van der Waals surface area contributed by atoms with Crippen molar-refractivity contribution in [3.63, 3.8) is 0 Å². The van der Waals surface area contributed by atoms with Crippen molar-refractivity contribution < 1.29 is 4.79 Å². The first kappa shape index (κ1) is 9.21. The van der Waals surface area contributed by atoms with Gasteiger partial charge in [0.05, 0.1) is 12.2 Å². The Morgan fingerprint density at radius 3 is 2.93 bits per heavy atom. The number of amides is 1. The van der Waals surface area contributed by atoms with Crippen molar-refractivity contribution in [2.45, 2.75) is 32.6 Å². The summed E-state index contributed by atoms with van der Waals surface area (Å²) in [5.74, 6) is 0.0410. The van der Waals surface area contributed by atoms with Gasteiger partial charge in [-0.3, -0.25) is 14.8 Å². The Hall–Kier alpha value is -1.36. The van der Waals surface area contributed by atoms with Crippen LogP contribution in [-0.4, -0.2) is 21.7 Å². The topological polar surface area (TPSA) is 59.0 Å². The third-order valence-electron chi connectivity index (χ3n) is 2.41. The molecule has 5 heteroatoms. The molecule has 0 radical (unpaired) electrons. The average molecular weight is 194 g/mol. The van der Waals surface area contributed by atoms with Crippen molar-refractivity contribution in [1.29, 1.82) is 0 Å². The van der Waals surface area contributed by atoms with Gasteiger partial charge < -0.3 is 5.32 Å². The maximum Gasteiger partial charge on any atom is 0.238 e. The molecule has 2 heterocycles. The summed E-state index contributed by atoms with van der Waals surface area (Å²) in [4.78, 5) is 11.2. The molecule has 1 aromatic rings. The Labute approximate surface area is 82.5 Å². The highest BCUT2D eigenvalue weighted by Gasteiger charge is 2.28. The van der Waals surface area contributed by atoms with Gasteiger partial charge in [-0.2, -0.15) is 5.10 Å². The van der Waals surface area contributed by atoms with Crippen molar-refractivity contribution in [2.24, 2.45) is 0 Å². The summed E-state index contributed by atoms with van der Waals surface area (Å²) in [6.07, 6.45) is 3.63. The smallest absolute Gasteiger partial charge is 0.238 e. The lowest BCUT2D eigenvalue weighted by molar-refractivity contribution is -0.120. The molecule has 1 aromatic heterocycles. The molecule has 2 unspecified atom stereocenters. The quantitative estimate of drug-likeness (QED) is 0.697. The van der Waals surface area contributed by atoms with E-state index in [0.29, 0.717) is 0 Å². The van der Waals surface area contributed by atoms with E-state index < -0.39 is 0 Å². The van der Waals surface area contributed by atoms with E-state index >= 15 is 0 Å².